The van der Waals surface area contributed by atoms with E-state index in [0.717, 1.165) is 0 Å². The first-order valence-electron chi connectivity index (χ1n) is 10.6. The highest BCUT2D eigenvalue weighted by atomic mass is 35.5. The van der Waals surface area contributed by atoms with Crippen LogP contribution in [-0.2, 0) is 4.79 Å². The summed E-state index contributed by atoms with van der Waals surface area (Å²) in [7, 11) is 0. The van der Waals surface area contributed by atoms with Gasteiger partial charge in [-0.1, -0.05) is 23.2 Å². The van der Waals surface area contributed by atoms with Crippen molar-refractivity contribution in [3.8, 4) is 0 Å². The predicted octanol–water partition coefficient (Wildman–Crippen LogP) is 4.03. The van der Waals surface area contributed by atoms with Crippen LogP contribution in [0.1, 0.15) is 38.6 Å². The van der Waals surface area contributed by atoms with Crippen LogP contribution in [0.2, 0.25) is 10.0 Å². The molecule has 1 aliphatic rings. The third kappa shape index (κ3) is 4.97. The molecule has 0 saturated heterocycles. The van der Waals surface area contributed by atoms with Crippen LogP contribution in [0.3, 0.4) is 0 Å². The van der Waals surface area contributed by atoms with E-state index in [2.05, 4.69) is 25.6 Å². The summed E-state index contributed by atoms with van der Waals surface area (Å²) in [4.78, 5) is 25.2. The van der Waals surface area contributed by atoms with Gasteiger partial charge in [-0.05, 0) is 44.7 Å². The van der Waals surface area contributed by atoms with E-state index in [1.807, 2.05) is 11.5 Å². The standard InChI is InChI=1S/C21H24Cl2FN7O2/c1-10(9-32)27-20-26-8-16-19(30-20)31(13-4-2-11(3-5-13)18(25)33)21(28-16)29-17-14(22)6-12(24)7-15(17)23/h6-8,10-11,13,32H,2-5,9H2,1H3,(H2,25,33)(H,28,29)(H,26,27,30)/t10-,11?,13?/m1/s1. The summed E-state index contributed by atoms with van der Waals surface area (Å²) in [5.41, 5.74) is 6.92. The molecule has 33 heavy (non-hydrogen) atoms. The normalized spacial score (nSPS) is 19.4. The molecule has 1 atom stereocenters. The summed E-state index contributed by atoms with van der Waals surface area (Å²) in [6.45, 7) is 1.73. The summed E-state index contributed by atoms with van der Waals surface area (Å²) in [5, 5.41) is 15.7. The largest absolute Gasteiger partial charge is 0.394 e. The molecule has 0 radical (unpaired) electrons. The monoisotopic (exact) mass is 495 g/mol. The van der Waals surface area contributed by atoms with Crippen molar-refractivity contribution >= 4 is 57.9 Å². The number of nitrogens with two attached hydrogens (primary N) is 1. The molecular weight excluding hydrogens is 472 g/mol. The maximum absolute atomic E-state index is 13.7. The van der Waals surface area contributed by atoms with Gasteiger partial charge in [-0.15, -0.1) is 0 Å². The molecule has 2 aromatic heterocycles. The molecule has 3 aromatic rings. The number of hydrogen-bond acceptors (Lipinski definition) is 7. The maximum Gasteiger partial charge on any atom is 0.225 e. The van der Waals surface area contributed by atoms with Crippen LogP contribution in [0.15, 0.2) is 18.3 Å². The lowest BCUT2D eigenvalue weighted by Crippen LogP contribution is -2.29. The van der Waals surface area contributed by atoms with Gasteiger partial charge in [0.25, 0.3) is 0 Å². The fourth-order valence-corrected chi connectivity index (χ4v) is 4.61. The molecule has 1 saturated carbocycles. The number of aliphatic hydroxyl groups is 1. The van der Waals surface area contributed by atoms with Crippen molar-refractivity contribution in [2.24, 2.45) is 11.7 Å². The Morgan fingerprint density at radius 1 is 1.27 bits per heavy atom. The van der Waals surface area contributed by atoms with Crippen LogP contribution in [0, 0.1) is 11.7 Å². The van der Waals surface area contributed by atoms with Crippen molar-refractivity contribution in [1.29, 1.82) is 0 Å². The van der Waals surface area contributed by atoms with Gasteiger partial charge in [0.2, 0.25) is 17.8 Å². The lowest BCUT2D eigenvalue weighted by molar-refractivity contribution is -0.122. The first kappa shape index (κ1) is 23.5. The Labute approximate surface area is 199 Å². The minimum atomic E-state index is -0.548. The van der Waals surface area contributed by atoms with Gasteiger partial charge in [-0.25, -0.2) is 14.4 Å². The third-order valence-corrected chi connectivity index (χ3v) is 6.39. The number of fused-ring (bicyclic) bond motifs is 1. The van der Waals surface area contributed by atoms with Crippen LogP contribution in [-0.4, -0.2) is 43.2 Å². The van der Waals surface area contributed by atoms with Crippen molar-refractivity contribution in [1.82, 2.24) is 19.5 Å². The van der Waals surface area contributed by atoms with Crippen molar-refractivity contribution in [3.05, 3.63) is 34.2 Å². The molecule has 12 heteroatoms. The Morgan fingerprint density at radius 3 is 2.55 bits per heavy atom. The number of aromatic nitrogens is 4. The molecule has 9 nitrogen and oxygen atoms in total. The summed E-state index contributed by atoms with van der Waals surface area (Å²) in [6, 6.07) is 2.07. The zero-order valence-corrected chi connectivity index (χ0v) is 19.4. The summed E-state index contributed by atoms with van der Waals surface area (Å²) < 4.78 is 15.6. The zero-order valence-electron chi connectivity index (χ0n) is 17.9. The van der Waals surface area contributed by atoms with Gasteiger partial charge in [-0.3, -0.25) is 9.36 Å². The second kappa shape index (κ2) is 9.66. The van der Waals surface area contributed by atoms with Gasteiger partial charge in [-0.2, -0.15) is 4.98 Å². The molecule has 5 N–H and O–H groups in total. The van der Waals surface area contributed by atoms with Crippen molar-refractivity contribution in [2.75, 3.05) is 17.2 Å². The van der Waals surface area contributed by atoms with E-state index in [4.69, 9.17) is 28.9 Å². The van der Waals surface area contributed by atoms with E-state index in [1.54, 1.807) is 6.20 Å². The highest BCUT2D eigenvalue weighted by Gasteiger charge is 2.29. The molecule has 0 unspecified atom stereocenters. The second-order valence-electron chi connectivity index (χ2n) is 8.21. The molecule has 2 heterocycles. The summed E-state index contributed by atoms with van der Waals surface area (Å²) >= 11 is 12.5. The zero-order chi connectivity index (χ0) is 23.7. The van der Waals surface area contributed by atoms with E-state index in [-0.39, 0.29) is 40.6 Å². The lowest BCUT2D eigenvalue weighted by Gasteiger charge is -2.29. The molecule has 0 aliphatic heterocycles. The topological polar surface area (TPSA) is 131 Å². The fraction of sp³-hybridized carbons (Fsp3) is 0.429. The van der Waals surface area contributed by atoms with Gasteiger partial charge in [0.05, 0.1) is 28.5 Å². The number of carbonyl (C=O) groups is 1. The molecule has 1 amide bonds. The smallest absolute Gasteiger partial charge is 0.225 e. The Kier molecular flexibility index (Phi) is 6.87. The minimum absolute atomic E-state index is 0.0240. The minimum Gasteiger partial charge on any atom is -0.394 e. The highest BCUT2D eigenvalue weighted by Crippen LogP contribution is 2.39. The number of aliphatic hydroxyl groups excluding tert-OH is 1. The Balaban J connectivity index is 1.77. The van der Waals surface area contributed by atoms with Crippen LogP contribution in [0.4, 0.5) is 22.0 Å². The van der Waals surface area contributed by atoms with Crippen LogP contribution < -0.4 is 16.4 Å². The molecule has 1 fully saturated rings. The number of imidazole rings is 1. The van der Waals surface area contributed by atoms with Gasteiger partial charge >= 0.3 is 0 Å². The number of carbonyl (C=O) groups excluding carboxylic acids is 1. The van der Waals surface area contributed by atoms with Gasteiger partial charge in [0.15, 0.2) is 5.65 Å². The first-order chi connectivity index (χ1) is 15.8. The van der Waals surface area contributed by atoms with Gasteiger partial charge in [0.1, 0.15) is 11.3 Å². The van der Waals surface area contributed by atoms with E-state index in [1.165, 1.54) is 12.1 Å². The second-order valence-corrected chi connectivity index (χ2v) is 9.03. The Hall–Kier alpha value is -2.69. The number of nitrogens with zero attached hydrogens (tertiary/aromatic N) is 4. The average molecular weight is 496 g/mol. The highest BCUT2D eigenvalue weighted by molar-refractivity contribution is 6.39. The molecule has 1 aromatic carbocycles. The summed E-state index contributed by atoms with van der Waals surface area (Å²) in [5.74, 6) is -0.233. The molecule has 0 spiro atoms. The van der Waals surface area contributed by atoms with Crippen molar-refractivity contribution in [3.63, 3.8) is 0 Å². The maximum atomic E-state index is 13.7. The number of primary amides is 1. The fourth-order valence-electron chi connectivity index (χ4n) is 4.05. The van der Waals surface area contributed by atoms with E-state index < -0.39 is 5.82 Å². The van der Waals surface area contributed by atoms with Gasteiger partial charge in [0, 0.05) is 18.0 Å². The van der Waals surface area contributed by atoms with Crippen molar-refractivity contribution in [2.45, 2.75) is 44.7 Å². The number of amides is 1. The first-order valence-corrected chi connectivity index (χ1v) is 11.4. The molecular formula is C21H24Cl2FN7O2. The van der Waals surface area contributed by atoms with Crippen LogP contribution >= 0.6 is 23.2 Å². The van der Waals surface area contributed by atoms with Crippen LogP contribution in [0.25, 0.3) is 11.2 Å². The number of nitrogens with one attached hydrogen (secondary N) is 2. The van der Waals surface area contributed by atoms with Crippen LogP contribution in [0.5, 0.6) is 0 Å². The number of halogens is 3. The SMILES string of the molecule is C[C@H](CO)Nc1ncc2nc(Nc3c(Cl)cc(F)cc3Cl)n(C3CCC(C(N)=O)CC3)c2n1. The number of benzene rings is 1. The number of rotatable bonds is 7. The summed E-state index contributed by atoms with van der Waals surface area (Å²) in [6.07, 6.45) is 4.26. The lowest BCUT2D eigenvalue weighted by atomic mass is 9.85. The molecule has 0 bridgehead atoms. The number of anilines is 3. The van der Waals surface area contributed by atoms with E-state index in [0.29, 0.717) is 54.4 Å². The quantitative estimate of drug-likeness (QED) is 0.389. The van der Waals surface area contributed by atoms with E-state index >= 15 is 0 Å². The Bertz CT molecular complexity index is 1160. The molecule has 4 rings (SSSR count). The van der Waals surface area contributed by atoms with E-state index in [9.17, 15) is 14.3 Å². The molecule has 176 valence electrons. The van der Waals surface area contributed by atoms with Gasteiger partial charge < -0.3 is 21.5 Å². The number of hydrogen-bond donors (Lipinski definition) is 4. The molecule has 1 aliphatic carbocycles. The van der Waals surface area contributed by atoms with Crippen molar-refractivity contribution < 1.29 is 14.3 Å². The predicted molar refractivity (Wildman–Crippen MR) is 125 cm³/mol. The Morgan fingerprint density at radius 2 is 1.94 bits per heavy atom. The third-order valence-electron chi connectivity index (χ3n) is 5.79. The average Bonchev–Trinajstić information content (AvgIpc) is 3.13.